The van der Waals surface area contributed by atoms with Crippen LogP contribution in [0.2, 0.25) is 0 Å². The number of carbonyl (C=O) groups is 1. The number of hydrogen-bond acceptors (Lipinski definition) is 2. The number of benzene rings is 1. The van der Waals surface area contributed by atoms with E-state index >= 15 is 0 Å². The normalized spacial score (nSPS) is 12.5. The molecule has 21 heavy (non-hydrogen) atoms. The lowest BCUT2D eigenvalue weighted by molar-refractivity contribution is 0.0918. The van der Waals surface area contributed by atoms with Gasteiger partial charge < -0.3 is 9.88 Å². The molecule has 2 rings (SSSR count). The number of aryl methyl sites for hydroxylation is 2. The van der Waals surface area contributed by atoms with E-state index in [1.54, 1.807) is 19.2 Å². The number of aromatic nitrogens is 2. The summed E-state index contributed by atoms with van der Waals surface area (Å²) in [5.74, 6) is -0.0292. The standard InChI is InChI=1S/C16H20FN3O/c1-10(2)14(15-18-7-8-20(15)4)19-16(21)12-6-5-11(3)9-13(12)17/h5-10,14H,1-4H3,(H,19,21)/t14-/m0/s1. The largest absolute Gasteiger partial charge is 0.342 e. The van der Waals surface area contributed by atoms with Gasteiger partial charge in [0.1, 0.15) is 11.6 Å². The molecule has 0 bridgehead atoms. The molecule has 0 unspecified atom stereocenters. The molecule has 0 aliphatic heterocycles. The zero-order valence-corrected chi connectivity index (χ0v) is 12.7. The van der Waals surface area contributed by atoms with Crippen LogP contribution in [0.3, 0.4) is 0 Å². The Hall–Kier alpha value is -2.17. The van der Waals surface area contributed by atoms with Gasteiger partial charge in [-0.15, -0.1) is 0 Å². The Morgan fingerprint density at radius 3 is 2.62 bits per heavy atom. The molecule has 0 aliphatic carbocycles. The van der Waals surface area contributed by atoms with Gasteiger partial charge in [-0.25, -0.2) is 9.37 Å². The van der Waals surface area contributed by atoms with Crippen molar-refractivity contribution in [2.24, 2.45) is 13.0 Å². The summed E-state index contributed by atoms with van der Waals surface area (Å²) < 4.78 is 15.8. The first kappa shape index (κ1) is 15.2. The number of nitrogens with zero attached hydrogens (tertiary/aromatic N) is 2. The third-order valence-electron chi connectivity index (χ3n) is 3.46. The van der Waals surface area contributed by atoms with Crippen molar-refractivity contribution in [1.82, 2.24) is 14.9 Å². The van der Waals surface area contributed by atoms with E-state index in [2.05, 4.69) is 10.3 Å². The van der Waals surface area contributed by atoms with Crippen LogP contribution < -0.4 is 5.32 Å². The van der Waals surface area contributed by atoms with Crippen LogP contribution in [0.1, 0.15) is 41.6 Å². The highest BCUT2D eigenvalue weighted by atomic mass is 19.1. The van der Waals surface area contributed by atoms with Gasteiger partial charge in [0.05, 0.1) is 11.6 Å². The zero-order valence-electron chi connectivity index (χ0n) is 12.7. The molecule has 2 aromatic rings. The summed E-state index contributed by atoms with van der Waals surface area (Å²) in [5, 5.41) is 2.87. The summed E-state index contributed by atoms with van der Waals surface area (Å²) in [7, 11) is 1.87. The molecule has 0 saturated carbocycles. The first-order chi connectivity index (χ1) is 9.90. The average molecular weight is 289 g/mol. The minimum absolute atomic E-state index is 0.0560. The maximum absolute atomic E-state index is 13.9. The minimum Gasteiger partial charge on any atom is -0.342 e. The van der Waals surface area contributed by atoms with E-state index in [1.807, 2.05) is 31.7 Å². The summed E-state index contributed by atoms with van der Waals surface area (Å²) in [6.07, 6.45) is 3.51. The lowest BCUT2D eigenvalue weighted by atomic mass is 10.0. The number of carbonyl (C=O) groups excluding carboxylic acids is 1. The number of nitrogens with one attached hydrogen (secondary N) is 1. The van der Waals surface area contributed by atoms with Gasteiger partial charge in [0.25, 0.3) is 5.91 Å². The number of hydrogen-bond donors (Lipinski definition) is 1. The molecular formula is C16H20FN3O. The summed E-state index contributed by atoms with van der Waals surface area (Å²) in [5.41, 5.74) is 0.842. The van der Waals surface area contributed by atoms with Crippen molar-refractivity contribution in [3.05, 3.63) is 53.4 Å². The highest BCUT2D eigenvalue weighted by Crippen LogP contribution is 2.21. The molecule has 1 aromatic heterocycles. The number of rotatable bonds is 4. The van der Waals surface area contributed by atoms with E-state index in [0.29, 0.717) is 0 Å². The molecular weight excluding hydrogens is 269 g/mol. The molecule has 4 nitrogen and oxygen atoms in total. The molecule has 0 aliphatic rings. The van der Waals surface area contributed by atoms with Crippen LogP contribution >= 0.6 is 0 Å². The molecule has 112 valence electrons. The van der Waals surface area contributed by atoms with Crippen LogP contribution in [-0.2, 0) is 7.05 Å². The fourth-order valence-electron chi connectivity index (χ4n) is 2.23. The summed E-state index contributed by atoms with van der Waals surface area (Å²) in [6, 6.07) is 4.33. The number of amides is 1. The fraction of sp³-hybridized carbons (Fsp3) is 0.375. The third kappa shape index (κ3) is 3.29. The van der Waals surface area contributed by atoms with Crippen LogP contribution in [-0.4, -0.2) is 15.5 Å². The van der Waals surface area contributed by atoms with Crippen molar-refractivity contribution in [2.75, 3.05) is 0 Å². The van der Waals surface area contributed by atoms with Crippen molar-refractivity contribution < 1.29 is 9.18 Å². The van der Waals surface area contributed by atoms with Gasteiger partial charge in [-0.1, -0.05) is 19.9 Å². The summed E-state index contributed by atoms with van der Waals surface area (Å²) in [4.78, 5) is 16.6. The summed E-state index contributed by atoms with van der Waals surface area (Å²) in [6.45, 7) is 5.77. The number of halogens is 1. The van der Waals surface area contributed by atoms with Crippen molar-refractivity contribution in [2.45, 2.75) is 26.8 Å². The molecule has 1 atom stereocenters. The maximum Gasteiger partial charge on any atom is 0.254 e. The average Bonchev–Trinajstić information content (AvgIpc) is 2.81. The Labute approximate surface area is 124 Å². The molecule has 5 heteroatoms. The lowest BCUT2D eigenvalue weighted by Crippen LogP contribution is -2.34. The SMILES string of the molecule is Cc1ccc(C(=O)N[C@H](c2nccn2C)C(C)C)c(F)c1. The van der Waals surface area contributed by atoms with E-state index < -0.39 is 11.7 Å². The smallest absolute Gasteiger partial charge is 0.254 e. The Kier molecular flexibility index (Phi) is 4.40. The Morgan fingerprint density at radius 1 is 1.38 bits per heavy atom. The second kappa shape index (κ2) is 6.08. The molecule has 1 N–H and O–H groups in total. The predicted octanol–water partition coefficient (Wildman–Crippen LogP) is 2.99. The van der Waals surface area contributed by atoms with Crippen LogP contribution in [0.15, 0.2) is 30.6 Å². The maximum atomic E-state index is 13.9. The van der Waals surface area contributed by atoms with E-state index in [4.69, 9.17) is 0 Å². The Morgan fingerprint density at radius 2 is 2.10 bits per heavy atom. The lowest BCUT2D eigenvalue weighted by Gasteiger charge is -2.22. The third-order valence-corrected chi connectivity index (χ3v) is 3.46. The van der Waals surface area contributed by atoms with Gasteiger partial charge in [-0.3, -0.25) is 4.79 Å². The van der Waals surface area contributed by atoms with Crippen LogP contribution in [0.4, 0.5) is 4.39 Å². The van der Waals surface area contributed by atoms with E-state index in [0.717, 1.165) is 11.4 Å². The van der Waals surface area contributed by atoms with Crippen LogP contribution in [0, 0.1) is 18.7 Å². The van der Waals surface area contributed by atoms with Gasteiger partial charge in [-0.05, 0) is 30.5 Å². The van der Waals surface area contributed by atoms with E-state index in [9.17, 15) is 9.18 Å². The highest BCUT2D eigenvalue weighted by molar-refractivity contribution is 5.94. The highest BCUT2D eigenvalue weighted by Gasteiger charge is 2.23. The minimum atomic E-state index is -0.505. The van der Waals surface area contributed by atoms with Gasteiger partial charge in [-0.2, -0.15) is 0 Å². The summed E-state index contributed by atoms with van der Waals surface area (Å²) >= 11 is 0. The van der Waals surface area contributed by atoms with Crippen LogP contribution in [0.5, 0.6) is 0 Å². The fourth-order valence-corrected chi connectivity index (χ4v) is 2.23. The number of imidazole rings is 1. The van der Waals surface area contributed by atoms with Crippen molar-refractivity contribution in [3.8, 4) is 0 Å². The van der Waals surface area contributed by atoms with Gasteiger partial charge in [0.2, 0.25) is 0 Å². The Bertz CT molecular complexity index is 649. The van der Waals surface area contributed by atoms with Gasteiger partial charge in [0.15, 0.2) is 0 Å². The van der Waals surface area contributed by atoms with Gasteiger partial charge in [0, 0.05) is 19.4 Å². The van der Waals surface area contributed by atoms with E-state index in [1.165, 1.54) is 12.1 Å². The van der Waals surface area contributed by atoms with Crippen molar-refractivity contribution in [3.63, 3.8) is 0 Å². The molecule has 1 heterocycles. The van der Waals surface area contributed by atoms with Crippen LogP contribution in [0.25, 0.3) is 0 Å². The quantitative estimate of drug-likeness (QED) is 0.940. The molecule has 1 aromatic carbocycles. The molecule has 0 saturated heterocycles. The van der Waals surface area contributed by atoms with E-state index in [-0.39, 0.29) is 17.5 Å². The molecule has 1 amide bonds. The second-order valence-electron chi connectivity index (χ2n) is 5.57. The van der Waals surface area contributed by atoms with Crippen molar-refractivity contribution in [1.29, 1.82) is 0 Å². The topological polar surface area (TPSA) is 46.9 Å². The van der Waals surface area contributed by atoms with Gasteiger partial charge >= 0.3 is 0 Å². The molecule has 0 fully saturated rings. The molecule has 0 radical (unpaired) electrons. The predicted molar refractivity (Wildman–Crippen MR) is 79.4 cm³/mol. The molecule has 0 spiro atoms. The first-order valence-electron chi connectivity index (χ1n) is 6.94. The zero-order chi connectivity index (χ0) is 15.6. The van der Waals surface area contributed by atoms with Crippen molar-refractivity contribution >= 4 is 5.91 Å². The first-order valence-corrected chi connectivity index (χ1v) is 6.94. The Balaban J connectivity index is 2.25. The second-order valence-corrected chi connectivity index (χ2v) is 5.57. The monoisotopic (exact) mass is 289 g/mol.